The van der Waals surface area contributed by atoms with Gasteiger partial charge in [0.15, 0.2) is 0 Å². The van der Waals surface area contributed by atoms with Gasteiger partial charge < -0.3 is 9.80 Å². The summed E-state index contributed by atoms with van der Waals surface area (Å²) in [5, 5.41) is 0. The van der Waals surface area contributed by atoms with Crippen molar-refractivity contribution in [1.29, 1.82) is 0 Å². The van der Waals surface area contributed by atoms with Crippen LogP contribution in [0, 0.1) is 0 Å². The molecule has 2 fully saturated rings. The Morgan fingerprint density at radius 2 is 0.889 bits per heavy atom. The van der Waals surface area contributed by atoms with Gasteiger partial charge in [-0.3, -0.25) is 19.4 Å². The minimum atomic E-state index is -4.36. The van der Waals surface area contributed by atoms with Gasteiger partial charge in [0, 0.05) is 71.0 Å². The SMILES string of the molecule is O=C(Cc1ccc(C(=O)N2CCN(Cc3ccc(C(F)(F)F)cc3)CC2)cc1)N1CCN(Cc2ccc(C(F)(F)F)cc2)CC1. The third-order valence-corrected chi connectivity index (χ3v) is 8.32. The quantitative estimate of drug-likeness (QED) is 0.320. The first-order valence-electron chi connectivity index (χ1n) is 14.8. The maximum atomic E-state index is 13.1. The molecule has 2 aliphatic rings. The van der Waals surface area contributed by atoms with Crippen molar-refractivity contribution in [2.45, 2.75) is 31.9 Å². The number of hydrogen-bond donors (Lipinski definition) is 0. The molecule has 0 unspecified atom stereocenters. The van der Waals surface area contributed by atoms with Crippen LogP contribution < -0.4 is 0 Å². The second-order valence-electron chi connectivity index (χ2n) is 11.5. The van der Waals surface area contributed by atoms with E-state index in [0.29, 0.717) is 71.0 Å². The monoisotopic (exact) mass is 632 g/mol. The van der Waals surface area contributed by atoms with Crippen molar-refractivity contribution in [2.75, 3.05) is 52.4 Å². The van der Waals surface area contributed by atoms with E-state index in [4.69, 9.17) is 0 Å². The van der Waals surface area contributed by atoms with Crippen LogP contribution in [-0.4, -0.2) is 83.8 Å². The van der Waals surface area contributed by atoms with Crippen LogP contribution in [0.2, 0.25) is 0 Å². The number of benzene rings is 3. The van der Waals surface area contributed by atoms with Gasteiger partial charge in [-0.1, -0.05) is 36.4 Å². The highest BCUT2D eigenvalue weighted by molar-refractivity contribution is 5.94. The third-order valence-electron chi connectivity index (χ3n) is 8.32. The predicted molar refractivity (Wildman–Crippen MR) is 156 cm³/mol. The van der Waals surface area contributed by atoms with E-state index in [1.165, 1.54) is 24.3 Å². The highest BCUT2D eigenvalue weighted by Crippen LogP contribution is 2.30. The average Bonchev–Trinajstić information content (AvgIpc) is 3.01. The number of alkyl halides is 6. The van der Waals surface area contributed by atoms with Crippen molar-refractivity contribution >= 4 is 11.8 Å². The van der Waals surface area contributed by atoms with E-state index in [1.54, 1.807) is 34.1 Å². The summed E-state index contributed by atoms with van der Waals surface area (Å²) in [4.78, 5) is 33.8. The normalized spacial score (nSPS) is 17.0. The molecular weight excluding hydrogens is 598 g/mol. The summed E-state index contributed by atoms with van der Waals surface area (Å²) >= 11 is 0. The standard InChI is InChI=1S/C33H34F6N4O2/c34-32(35,36)28-9-3-25(4-10-28)22-40-13-17-42(18-14-40)30(44)21-24-1-7-27(8-2-24)31(45)43-19-15-41(16-20-43)23-26-5-11-29(12-6-26)33(37,38)39/h1-12H,13-23H2. The van der Waals surface area contributed by atoms with E-state index in [9.17, 15) is 35.9 Å². The molecule has 0 radical (unpaired) electrons. The fourth-order valence-corrected chi connectivity index (χ4v) is 5.61. The zero-order valence-corrected chi connectivity index (χ0v) is 24.6. The molecule has 0 aromatic heterocycles. The average molecular weight is 633 g/mol. The molecule has 0 spiro atoms. The first kappa shape index (κ1) is 32.5. The summed E-state index contributed by atoms with van der Waals surface area (Å²) in [6, 6.07) is 17.3. The van der Waals surface area contributed by atoms with Crippen molar-refractivity contribution < 1.29 is 35.9 Å². The lowest BCUT2D eigenvalue weighted by Crippen LogP contribution is -2.48. The Labute approximate surface area is 257 Å². The molecule has 0 N–H and O–H groups in total. The smallest absolute Gasteiger partial charge is 0.340 e. The van der Waals surface area contributed by atoms with Crippen LogP contribution in [0.15, 0.2) is 72.8 Å². The molecule has 6 nitrogen and oxygen atoms in total. The Bertz CT molecular complexity index is 1440. The van der Waals surface area contributed by atoms with Crippen LogP contribution in [0.4, 0.5) is 26.3 Å². The van der Waals surface area contributed by atoms with Gasteiger partial charge in [-0.25, -0.2) is 0 Å². The molecule has 240 valence electrons. The van der Waals surface area contributed by atoms with E-state index >= 15 is 0 Å². The highest BCUT2D eigenvalue weighted by atomic mass is 19.4. The first-order chi connectivity index (χ1) is 21.3. The van der Waals surface area contributed by atoms with Crippen LogP contribution in [0.3, 0.4) is 0 Å². The molecule has 2 amide bonds. The van der Waals surface area contributed by atoms with Gasteiger partial charge in [0.25, 0.3) is 5.91 Å². The largest absolute Gasteiger partial charge is 0.416 e. The number of carbonyl (C=O) groups excluding carboxylic acids is 2. The number of piperazine rings is 2. The Morgan fingerprint density at radius 3 is 1.29 bits per heavy atom. The number of amides is 2. The Balaban J connectivity index is 1.04. The fraction of sp³-hybridized carbons (Fsp3) is 0.394. The number of halogens is 6. The second kappa shape index (κ2) is 13.6. The summed E-state index contributed by atoms with van der Waals surface area (Å²) in [5.41, 5.74) is 1.55. The zero-order chi connectivity index (χ0) is 32.2. The summed E-state index contributed by atoms with van der Waals surface area (Å²) in [6.45, 7) is 5.56. The van der Waals surface area contributed by atoms with Gasteiger partial charge >= 0.3 is 12.4 Å². The molecule has 0 aliphatic carbocycles. The van der Waals surface area contributed by atoms with E-state index < -0.39 is 23.5 Å². The van der Waals surface area contributed by atoms with Crippen LogP contribution in [-0.2, 0) is 36.7 Å². The minimum absolute atomic E-state index is 0.0209. The molecule has 0 bridgehead atoms. The number of hydrogen-bond acceptors (Lipinski definition) is 4. The molecule has 45 heavy (non-hydrogen) atoms. The Kier molecular flexibility index (Phi) is 9.83. The lowest BCUT2D eigenvalue weighted by atomic mass is 10.1. The van der Waals surface area contributed by atoms with E-state index in [1.807, 2.05) is 0 Å². The molecular formula is C33H34F6N4O2. The Morgan fingerprint density at radius 1 is 0.511 bits per heavy atom. The van der Waals surface area contributed by atoms with Crippen LogP contribution in [0.1, 0.15) is 38.2 Å². The summed E-state index contributed by atoms with van der Waals surface area (Å²) < 4.78 is 76.8. The van der Waals surface area contributed by atoms with Gasteiger partial charge in [0.2, 0.25) is 5.91 Å². The molecule has 5 rings (SSSR count). The van der Waals surface area contributed by atoms with Crippen molar-refractivity contribution in [2.24, 2.45) is 0 Å². The van der Waals surface area contributed by atoms with Gasteiger partial charge in [0.1, 0.15) is 0 Å². The maximum absolute atomic E-state index is 13.1. The van der Waals surface area contributed by atoms with Gasteiger partial charge in [0.05, 0.1) is 17.5 Å². The van der Waals surface area contributed by atoms with Gasteiger partial charge in [-0.15, -0.1) is 0 Å². The van der Waals surface area contributed by atoms with Crippen molar-refractivity contribution in [3.05, 3.63) is 106 Å². The fourth-order valence-electron chi connectivity index (χ4n) is 5.61. The van der Waals surface area contributed by atoms with E-state index in [2.05, 4.69) is 9.80 Å². The molecule has 2 saturated heterocycles. The van der Waals surface area contributed by atoms with Crippen molar-refractivity contribution in [1.82, 2.24) is 19.6 Å². The molecule has 3 aromatic carbocycles. The van der Waals surface area contributed by atoms with Gasteiger partial charge in [-0.2, -0.15) is 26.3 Å². The topological polar surface area (TPSA) is 47.1 Å². The van der Waals surface area contributed by atoms with E-state index in [-0.39, 0.29) is 18.2 Å². The number of carbonyl (C=O) groups is 2. The number of nitrogens with zero attached hydrogens (tertiary/aromatic N) is 4. The number of rotatable bonds is 7. The van der Waals surface area contributed by atoms with Gasteiger partial charge in [-0.05, 0) is 53.1 Å². The molecule has 2 heterocycles. The summed E-state index contributed by atoms with van der Waals surface area (Å²) in [6.07, 6.45) is -8.52. The van der Waals surface area contributed by atoms with Crippen LogP contribution >= 0.6 is 0 Å². The van der Waals surface area contributed by atoms with Crippen molar-refractivity contribution in [3.63, 3.8) is 0 Å². The maximum Gasteiger partial charge on any atom is 0.416 e. The third kappa shape index (κ3) is 8.64. The minimum Gasteiger partial charge on any atom is -0.340 e. The summed E-state index contributed by atoms with van der Waals surface area (Å²) in [7, 11) is 0. The molecule has 12 heteroatoms. The van der Waals surface area contributed by atoms with Crippen LogP contribution in [0.5, 0.6) is 0 Å². The summed E-state index contributed by atoms with van der Waals surface area (Å²) in [5.74, 6) is -0.126. The van der Waals surface area contributed by atoms with Crippen molar-refractivity contribution in [3.8, 4) is 0 Å². The lowest BCUT2D eigenvalue weighted by Gasteiger charge is -2.35. The predicted octanol–water partition coefficient (Wildman–Crippen LogP) is 5.57. The molecule has 0 atom stereocenters. The van der Waals surface area contributed by atoms with E-state index in [0.717, 1.165) is 41.0 Å². The highest BCUT2D eigenvalue weighted by Gasteiger charge is 2.31. The first-order valence-corrected chi connectivity index (χ1v) is 14.8. The van der Waals surface area contributed by atoms with Crippen LogP contribution in [0.25, 0.3) is 0 Å². The molecule has 2 aliphatic heterocycles. The zero-order valence-electron chi connectivity index (χ0n) is 24.6. The molecule has 0 saturated carbocycles. The molecule has 3 aromatic rings. The second-order valence-corrected chi connectivity index (χ2v) is 11.5. The lowest BCUT2D eigenvalue weighted by molar-refractivity contribution is -0.138. The Hall–Kier alpha value is -3.90.